The smallest absolute Gasteiger partial charge is 0.229 e. The minimum Gasteiger partial charge on any atom is -0.384 e. The highest BCUT2D eigenvalue weighted by atomic mass is 16.5. The summed E-state index contributed by atoms with van der Waals surface area (Å²) >= 11 is 0. The number of methoxy groups -OCH3 is 1. The molecule has 14 heavy (non-hydrogen) atoms. The molecule has 0 aliphatic heterocycles. The van der Waals surface area contributed by atoms with Crippen LogP contribution in [0, 0.1) is 5.92 Å². The van der Waals surface area contributed by atoms with Crippen LogP contribution >= 0.6 is 0 Å². The maximum Gasteiger partial charge on any atom is 0.229 e. The zero-order valence-corrected chi connectivity index (χ0v) is 8.49. The van der Waals surface area contributed by atoms with Gasteiger partial charge in [-0.1, -0.05) is 25.1 Å². The molecular weight excluding hydrogens is 178 g/mol. The van der Waals surface area contributed by atoms with Crippen molar-refractivity contribution in [2.75, 3.05) is 19.0 Å². The molecule has 3 nitrogen and oxygen atoms in total. The second-order valence-electron chi connectivity index (χ2n) is 3.21. The third-order valence-corrected chi connectivity index (χ3v) is 1.91. The molecule has 0 aliphatic carbocycles. The first kappa shape index (κ1) is 10.7. The number of rotatable bonds is 4. The number of amides is 1. The Bertz CT molecular complexity index is 285. The van der Waals surface area contributed by atoms with Crippen molar-refractivity contribution >= 4 is 11.6 Å². The number of hydrogen-bond acceptors (Lipinski definition) is 2. The molecule has 1 aromatic rings. The first-order valence-electron chi connectivity index (χ1n) is 4.59. The van der Waals surface area contributed by atoms with Crippen molar-refractivity contribution in [1.29, 1.82) is 0 Å². The van der Waals surface area contributed by atoms with Gasteiger partial charge in [0.25, 0.3) is 0 Å². The Morgan fingerprint density at radius 1 is 1.43 bits per heavy atom. The van der Waals surface area contributed by atoms with Crippen molar-refractivity contribution in [3.63, 3.8) is 0 Å². The van der Waals surface area contributed by atoms with Gasteiger partial charge >= 0.3 is 0 Å². The molecule has 0 fully saturated rings. The van der Waals surface area contributed by atoms with E-state index in [-0.39, 0.29) is 11.8 Å². The van der Waals surface area contributed by atoms with E-state index >= 15 is 0 Å². The fourth-order valence-corrected chi connectivity index (χ4v) is 1.11. The Balaban J connectivity index is 2.49. The van der Waals surface area contributed by atoms with Crippen LogP contribution in [-0.4, -0.2) is 19.6 Å². The van der Waals surface area contributed by atoms with E-state index in [9.17, 15) is 4.79 Å². The summed E-state index contributed by atoms with van der Waals surface area (Å²) in [6.07, 6.45) is 0. The van der Waals surface area contributed by atoms with Gasteiger partial charge in [-0.15, -0.1) is 0 Å². The van der Waals surface area contributed by atoms with Crippen LogP contribution in [0.25, 0.3) is 0 Å². The van der Waals surface area contributed by atoms with Gasteiger partial charge in [0, 0.05) is 12.8 Å². The van der Waals surface area contributed by atoms with Gasteiger partial charge in [0.2, 0.25) is 5.91 Å². The molecule has 0 aliphatic rings. The Morgan fingerprint density at radius 2 is 2.07 bits per heavy atom. The van der Waals surface area contributed by atoms with E-state index in [1.807, 2.05) is 37.3 Å². The van der Waals surface area contributed by atoms with Crippen molar-refractivity contribution < 1.29 is 9.53 Å². The fraction of sp³-hybridized carbons (Fsp3) is 0.364. The second-order valence-corrected chi connectivity index (χ2v) is 3.21. The molecule has 0 bridgehead atoms. The lowest BCUT2D eigenvalue weighted by molar-refractivity contribution is -0.120. The lowest BCUT2D eigenvalue weighted by Crippen LogP contribution is -2.23. The van der Waals surface area contributed by atoms with Crippen molar-refractivity contribution in [2.45, 2.75) is 6.92 Å². The summed E-state index contributed by atoms with van der Waals surface area (Å²) in [6.45, 7) is 2.28. The lowest BCUT2D eigenvalue weighted by atomic mass is 10.2. The molecule has 1 unspecified atom stereocenters. The van der Waals surface area contributed by atoms with Gasteiger partial charge in [0.1, 0.15) is 0 Å². The van der Waals surface area contributed by atoms with Gasteiger partial charge in [-0.2, -0.15) is 0 Å². The summed E-state index contributed by atoms with van der Waals surface area (Å²) in [5.41, 5.74) is 0.820. The molecule has 0 heterocycles. The second kappa shape index (κ2) is 5.40. The average molecular weight is 193 g/mol. The van der Waals surface area contributed by atoms with Crippen LogP contribution in [0.1, 0.15) is 6.92 Å². The van der Waals surface area contributed by atoms with Crippen molar-refractivity contribution in [1.82, 2.24) is 0 Å². The first-order chi connectivity index (χ1) is 6.74. The largest absolute Gasteiger partial charge is 0.384 e. The number of para-hydroxylation sites is 1. The zero-order chi connectivity index (χ0) is 10.4. The molecule has 76 valence electrons. The highest BCUT2D eigenvalue weighted by Crippen LogP contribution is 2.07. The molecule has 1 amide bonds. The summed E-state index contributed by atoms with van der Waals surface area (Å²) in [6, 6.07) is 9.40. The van der Waals surface area contributed by atoms with Crippen LogP contribution in [0.15, 0.2) is 30.3 Å². The lowest BCUT2D eigenvalue weighted by Gasteiger charge is -2.10. The number of hydrogen-bond donors (Lipinski definition) is 1. The Labute approximate surface area is 84.1 Å². The van der Waals surface area contributed by atoms with Crippen molar-refractivity contribution in [3.05, 3.63) is 30.3 Å². The van der Waals surface area contributed by atoms with E-state index in [1.165, 1.54) is 0 Å². The molecule has 0 saturated heterocycles. The van der Waals surface area contributed by atoms with Gasteiger partial charge < -0.3 is 10.1 Å². The maximum atomic E-state index is 11.5. The monoisotopic (exact) mass is 193 g/mol. The number of nitrogens with one attached hydrogen (secondary N) is 1. The predicted octanol–water partition coefficient (Wildman–Crippen LogP) is 1.91. The molecule has 1 N–H and O–H groups in total. The average Bonchev–Trinajstić information content (AvgIpc) is 2.19. The predicted molar refractivity (Wildman–Crippen MR) is 56.1 cm³/mol. The number of carbonyl (C=O) groups is 1. The van der Waals surface area contributed by atoms with Crippen molar-refractivity contribution in [3.8, 4) is 0 Å². The van der Waals surface area contributed by atoms with Crippen molar-refractivity contribution in [2.24, 2.45) is 5.92 Å². The van der Waals surface area contributed by atoms with Gasteiger partial charge in [0.15, 0.2) is 0 Å². The normalized spacial score (nSPS) is 12.1. The maximum absolute atomic E-state index is 11.5. The number of ether oxygens (including phenoxy) is 1. The molecule has 0 spiro atoms. The summed E-state index contributed by atoms with van der Waals surface area (Å²) in [4.78, 5) is 11.5. The topological polar surface area (TPSA) is 38.3 Å². The highest BCUT2D eigenvalue weighted by Gasteiger charge is 2.11. The summed E-state index contributed by atoms with van der Waals surface area (Å²) in [5, 5.41) is 2.81. The van der Waals surface area contributed by atoms with E-state index in [4.69, 9.17) is 4.74 Å². The van der Waals surface area contributed by atoms with E-state index in [0.717, 1.165) is 5.69 Å². The molecule has 1 aromatic carbocycles. The number of anilines is 1. The zero-order valence-electron chi connectivity index (χ0n) is 8.49. The molecule has 1 rings (SSSR count). The molecule has 0 saturated carbocycles. The third-order valence-electron chi connectivity index (χ3n) is 1.91. The van der Waals surface area contributed by atoms with Crippen LogP contribution in [-0.2, 0) is 9.53 Å². The Kier molecular flexibility index (Phi) is 4.13. The third kappa shape index (κ3) is 3.18. The number of benzene rings is 1. The highest BCUT2D eigenvalue weighted by molar-refractivity contribution is 5.92. The van der Waals surface area contributed by atoms with Gasteiger partial charge in [-0.3, -0.25) is 4.79 Å². The van der Waals surface area contributed by atoms with Crippen LogP contribution in [0.3, 0.4) is 0 Å². The van der Waals surface area contributed by atoms with Crippen LogP contribution in [0.4, 0.5) is 5.69 Å². The standard InChI is InChI=1S/C11H15NO2/c1-9(8-14-2)11(13)12-10-6-4-3-5-7-10/h3-7,9H,8H2,1-2H3,(H,12,13). The molecule has 3 heteroatoms. The Morgan fingerprint density at radius 3 is 2.64 bits per heavy atom. The van der Waals surface area contributed by atoms with E-state index in [1.54, 1.807) is 7.11 Å². The summed E-state index contributed by atoms with van der Waals surface area (Å²) in [7, 11) is 1.59. The van der Waals surface area contributed by atoms with Crippen LogP contribution < -0.4 is 5.32 Å². The SMILES string of the molecule is COCC(C)C(=O)Nc1ccccc1. The van der Waals surface area contributed by atoms with Gasteiger partial charge in [0.05, 0.1) is 12.5 Å². The van der Waals surface area contributed by atoms with Crippen LogP contribution in [0.5, 0.6) is 0 Å². The summed E-state index contributed by atoms with van der Waals surface area (Å²) in [5.74, 6) is -0.141. The van der Waals surface area contributed by atoms with Crippen LogP contribution in [0.2, 0.25) is 0 Å². The number of carbonyl (C=O) groups excluding carboxylic acids is 1. The minimum atomic E-state index is -0.125. The summed E-state index contributed by atoms with van der Waals surface area (Å²) < 4.78 is 4.90. The molecule has 1 atom stereocenters. The quantitative estimate of drug-likeness (QED) is 0.793. The Hall–Kier alpha value is -1.35. The van der Waals surface area contributed by atoms with Gasteiger partial charge in [-0.05, 0) is 12.1 Å². The molecule has 0 aromatic heterocycles. The minimum absolute atomic E-state index is 0.0157. The van der Waals surface area contributed by atoms with E-state index < -0.39 is 0 Å². The first-order valence-corrected chi connectivity index (χ1v) is 4.59. The van der Waals surface area contributed by atoms with E-state index in [2.05, 4.69) is 5.32 Å². The molecular formula is C11H15NO2. The fourth-order valence-electron chi connectivity index (χ4n) is 1.11. The van der Waals surface area contributed by atoms with E-state index in [0.29, 0.717) is 6.61 Å². The van der Waals surface area contributed by atoms with Gasteiger partial charge in [-0.25, -0.2) is 0 Å². The molecule has 0 radical (unpaired) electrons.